The molecule has 0 amide bonds. The molecule has 0 aromatic rings. The lowest BCUT2D eigenvalue weighted by Gasteiger charge is -2.03. The third kappa shape index (κ3) is 7.91. The highest BCUT2D eigenvalue weighted by atomic mass is 32.2. The standard InChI is InChI=1S/C6H14NO2S/c1-6(2)4-5-7-10(3,8)9/h7H,4-5H2,1-3H3. The molecule has 0 aliphatic heterocycles. The summed E-state index contributed by atoms with van der Waals surface area (Å²) in [4.78, 5) is 0. The number of nitrogens with one attached hydrogen (secondary N) is 1. The van der Waals surface area contributed by atoms with E-state index >= 15 is 0 Å². The van der Waals surface area contributed by atoms with E-state index in [1.54, 1.807) is 0 Å². The lowest BCUT2D eigenvalue weighted by molar-refractivity contribution is 0.586. The highest BCUT2D eigenvalue weighted by molar-refractivity contribution is 7.88. The van der Waals surface area contributed by atoms with Crippen molar-refractivity contribution in [2.24, 2.45) is 0 Å². The molecule has 0 atom stereocenters. The summed E-state index contributed by atoms with van der Waals surface area (Å²) in [5.74, 6) is 1.23. The summed E-state index contributed by atoms with van der Waals surface area (Å²) in [6.07, 6.45) is 1.98. The summed E-state index contributed by atoms with van der Waals surface area (Å²) >= 11 is 0. The first kappa shape index (κ1) is 9.91. The third-order valence-electron chi connectivity index (χ3n) is 0.989. The highest BCUT2D eigenvalue weighted by Gasteiger charge is 1.99. The van der Waals surface area contributed by atoms with Crippen molar-refractivity contribution >= 4 is 10.0 Å². The second-order valence-corrected chi connectivity index (χ2v) is 4.46. The minimum absolute atomic E-state index is 0.515. The van der Waals surface area contributed by atoms with Gasteiger partial charge in [-0.05, 0) is 12.3 Å². The van der Waals surface area contributed by atoms with Crippen LogP contribution < -0.4 is 4.72 Å². The second-order valence-electron chi connectivity index (χ2n) is 2.62. The summed E-state index contributed by atoms with van der Waals surface area (Å²) in [6, 6.07) is 0. The largest absolute Gasteiger partial charge is 0.215 e. The fraction of sp³-hybridized carbons (Fsp3) is 0.833. The Balaban J connectivity index is 3.39. The maximum atomic E-state index is 10.5. The van der Waals surface area contributed by atoms with Crippen LogP contribution in [0.1, 0.15) is 20.3 Å². The quantitative estimate of drug-likeness (QED) is 0.659. The predicted molar refractivity (Wildman–Crippen MR) is 42.1 cm³/mol. The average Bonchev–Trinajstić information content (AvgIpc) is 1.59. The smallest absolute Gasteiger partial charge is 0.208 e. The molecule has 0 saturated heterocycles. The molecule has 0 heterocycles. The molecule has 0 fully saturated rings. The van der Waals surface area contributed by atoms with Gasteiger partial charge in [0.15, 0.2) is 0 Å². The maximum absolute atomic E-state index is 10.5. The van der Waals surface area contributed by atoms with Crippen molar-refractivity contribution in [3.05, 3.63) is 5.92 Å². The van der Waals surface area contributed by atoms with Crippen molar-refractivity contribution < 1.29 is 8.42 Å². The topological polar surface area (TPSA) is 46.2 Å². The molecule has 4 heteroatoms. The molecule has 0 saturated carbocycles. The molecule has 0 rings (SSSR count). The van der Waals surface area contributed by atoms with E-state index in [2.05, 4.69) is 4.72 Å². The monoisotopic (exact) mass is 164 g/mol. The van der Waals surface area contributed by atoms with Gasteiger partial charge in [0.2, 0.25) is 10.0 Å². The zero-order valence-electron chi connectivity index (χ0n) is 6.64. The molecular formula is C6H14NO2S. The molecule has 0 unspecified atom stereocenters. The van der Waals surface area contributed by atoms with E-state index < -0.39 is 10.0 Å². The molecule has 0 aliphatic rings. The summed E-state index contributed by atoms with van der Waals surface area (Å²) in [6.45, 7) is 4.47. The number of hydrogen-bond acceptors (Lipinski definition) is 2. The van der Waals surface area contributed by atoms with Crippen molar-refractivity contribution in [1.29, 1.82) is 0 Å². The van der Waals surface area contributed by atoms with Crippen molar-refractivity contribution in [1.82, 2.24) is 4.72 Å². The van der Waals surface area contributed by atoms with Gasteiger partial charge in [0.1, 0.15) is 0 Å². The molecule has 0 spiro atoms. The van der Waals surface area contributed by atoms with Crippen molar-refractivity contribution in [2.75, 3.05) is 12.8 Å². The summed E-state index contributed by atoms with van der Waals surface area (Å²) in [5, 5.41) is 0. The van der Waals surface area contributed by atoms with Crippen LogP contribution in [-0.2, 0) is 10.0 Å². The Bertz CT molecular complexity index is 172. The Morgan fingerprint density at radius 1 is 1.40 bits per heavy atom. The normalized spacial score (nSPS) is 12.4. The zero-order chi connectivity index (χ0) is 8.20. The minimum atomic E-state index is -2.98. The molecule has 1 radical (unpaired) electrons. The molecule has 61 valence electrons. The fourth-order valence-corrected chi connectivity index (χ4v) is 0.959. The SMILES string of the molecule is C[C](C)CCNS(C)(=O)=O. The lowest BCUT2D eigenvalue weighted by Crippen LogP contribution is -2.23. The van der Waals surface area contributed by atoms with Crippen LogP contribution in [0.2, 0.25) is 0 Å². The number of rotatable bonds is 4. The van der Waals surface area contributed by atoms with Crippen LogP contribution in [0.15, 0.2) is 0 Å². The molecule has 0 aliphatic carbocycles. The van der Waals surface area contributed by atoms with Crippen LogP contribution in [0.25, 0.3) is 0 Å². The van der Waals surface area contributed by atoms with Gasteiger partial charge in [-0.3, -0.25) is 0 Å². The van der Waals surface area contributed by atoms with Crippen LogP contribution >= 0.6 is 0 Å². The molecule has 0 aromatic heterocycles. The van der Waals surface area contributed by atoms with Crippen LogP contribution in [0.4, 0.5) is 0 Å². The molecule has 1 N–H and O–H groups in total. The van der Waals surface area contributed by atoms with Crippen LogP contribution in [0.3, 0.4) is 0 Å². The van der Waals surface area contributed by atoms with E-state index in [0.29, 0.717) is 6.54 Å². The first-order chi connectivity index (χ1) is 4.42. The summed E-state index contributed by atoms with van der Waals surface area (Å²) in [7, 11) is -2.98. The van der Waals surface area contributed by atoms with E-state index in [1.165, 1.54) is 5.92 Å². The summed E-state index contributed by atoms with van der Waals surface area (Å²) in [5.41, 5.74) is 0. The summed E-state index contributed by atoms with van der Waals surface area (Å²) < 4.78 is 23.4. The van der Waals surface area contributed by atoms with Gasteiger partial charge in [-0.1, -0.05) is 13.8 Å². The van der Waals surface area contributed by atoms with Crippen molar-refractivity contribution in [3.8, 4) is 0 Å². The second kappa shape index (κ2) is 3.93. The van der Waals surface area contributed by atoms with Gasteiger partial charge in [0.25, 0.3) is 0 Å². The third-order valence-corrected chi connectivity index (χ3v) is 1.72. The van der Waals surface area contributed by atoms with Crippen molar-refractivity contribution in [3.63, 3.8) is 0 Å². The fourth-order valence-electron chi connectivity index (χ4n) is 0.486. The van der Waals surface area contributed by atoms with Crippen LogP contribution in [0, 0.1) is 5.92 Å². The van der Waals surface area contributed by atoms with Crippen molar-refractivity contribution in [2.45, 2.75) is 20.3 Å². The lowest BCUT2D eigenvalue weighted by atomic mass is 10.1. The van der Waals surface area contributed by atoms with Gasteiger partial charge >= 0.3 is 0 Å². The molecular weight excluding hydrogens is 150 g/mol. The Labute approximate surface area is 62.9 Å². The van der Waals surface area contributed by atoms with Crippen LogP contribution in [0.5, 0.6) is 0 Å². The highest BCUT2D eigenvalue weighted by Crippen LogP contribution is 1.99. The Kier molecular flexibility index (Phi) is 3.89. The first-order valence-electron chi connectivity index (χ1n) is 3.15. The van der Waals surface area contributed by atoms with E-state index in [0.717, 1.165) is 12.7 Å². The van der Waals surface area contributed by atoms with Gasteiger partial charge in [-0.25, -0.2) is 13.1 Å². The number of sulfonamides is 1. The first-order valence-corrected chi connectivity index (χ1v) is 5.04. The molecule has 0 bridgehead atoms. The van der Waals surface area contributed by atoms with E-state index in [1.807, 2.05) is 13.8 Å². The average molecular weight is 164 g/mol. The van der Waals surface area contributed by atoms with Gasteiger partial charge in [-0.2, -0.15) is 0 Å². The van der Waals surface area contributed by atoms with Gasteiger partial charge in [0.05, 0.1) is 6.26 Å². The molecule has 3 nitrogen and oxygen atoms in total. The van der Waals surface area contributed by atoms with Crippen LogP contribution in [-0.4, -0.2) is 21.2 Å². The van der Waals surface area contributed by atoms with E-state index in [9.17, 15) is 8.42 Å². The zero-order valence-corrected chi connectivity index (χ0v) is 7.46. The Hall–Kier alpha value is -0.0900. The predicted octanol–water partition coefficient (Wildman–Crippen LogP) is 0.540. The van der Waals surface area contributed by atoms with Gasteiger partial charge in [0, 0.05) is 6.54 Å². The maximum Gasteiger partial charge on any atom is 0.208 e. The molecule has 10 heavy (non-hydrogen) atoms. The Morgan fingerprint density at radius 3 is 2.20 bits per heavy atom. The Morgan fingerprint density at radius 2 is 1.90 bits per heavy atom. The van der Waals surface area contributed by atoms with Gasteiger partial charge < -0.3 is 0 Å². The van der Waals surface area contributed by atoms with E-state index in [4.69, 9.17) is 0 Å². The van der Waals surface area contributed by atoms with E-state index in [-0.39, 0.29) is 0 Å². The minimum Gasteiger partial charge on any atom is -0.215 e. The molecule has 0 aromatic carbocycles. The number of hydrogen-bond donors (Lipinski definition) is 1. The van der Waals surface area contributed by atoms with Gasteiger partial charge in [-0.15, -0.1) is 0 Å².